The van der Waals surface area contributed by atoms with Gasteiger partial charge in [0.25, 0.3) is 5.91 Å². The highest BCUT2D eigenvalue weighted by Gasteiger charge is 2.24. The molecular formula is C19H24ClN3O4S2. The number of carbonyl (C=O) groups is 2. The molecule has 1 aromatic heterocycles. The summed E-state index contributed by atoms with van der Waals surface area (Å²) < 4.78 is 26.7. The molecule has 0 fully saturated rings. The fourth-order valence-electron chi connectivity index (χ4n) is 2.65. The Morgan fingerprint density at radius 1 is 1.17 bits per heavy atom. The second kappa shape index (κ2) is 10.7. The monoisotopic (exact) mass is 457 g/mol. The number of halogens is 1. The summed E-state index contributed by atoms with van der Waals surface area (Å²) in [5, 5.41) is 9.11. The summed E-state index contributed by atoms with van der Waals surface area (Å²) >= 11 is 7.53. The SMILES string of the molecule is CCN(CC)S(=O)(=O)c1cc(NC(=O)CCCNC(=O)c2ccsc2)ccc1Cl. The Labute approximate surface area is 180 Å². The van der Waals surface area contributed by atoms with Gasteiger partial charge in [-0.3, -0.25) is 9.59 Å². The summed E-state index contributed by atoms with van der Waals surface area (Å²) in [5.41, 5.74) is 0.954. The molecule has 0 unspecified atom stereocenters. The van der Waals surface area contributed by atoms with E-state index in [0.29, 0.717) is 37.3 Å². The quantitative estimate of drug-likeness (QED) is 0.533. The van der Waals surface area contributed by atoms with Crippen molar-refractivity contribution in [3.63, 3.8) is 0 Å². The number of amides is 2. The van der Waals surface area contributed by atoms with Crippen LogP contribution in [0.5, 0.6) is 0 Å². The molecule has 0 aliphatic heterocycles. The zero-order chi connectivity index (χ0) is 21.4. The largest absolute Gasteiger partial charge is 0.352 e. The molecule has 2 N–H and O–H groups in total. The van der Waals surface area contributed by atoms with Gasteiger partial charge in [0.2, 0.25) is 15.9 Å². The molecular weight excluding hydrogens is 434 g/mol. The zero-order valence-electron chi connectivity index (χ0n) is 16.3. The third kappa shape index (κ3) is 6.27. The Balaban J connectivity index is 1.93. The number of benzene rings is 1. The van der Waals surface area contributed by atoms with Crippen molar-refractivity contribution >= 4 is 50.5 Å². The third-order valence-corrected chi connectivity index (χ3v) is 7.40. The molecule has 29 heavy (non-hydrogen) atoms. The first-order chi connectivity index (χ1) is 13.8. The Hall–Kier alpha value is -1.94. The highest BCUT2D eigenvalue weighted by molar-refractivity contribution is 7.89. The van der Waals surface area contributed by atoms with Crippen molar-refractivity contribution in [3.05, 3.63) is 45.6 Å². The van der Waals surface area contributed by atoms with Crippen LogP contribution in [-0.2, 0) is 14.8 Å². The maximum Gasteiger partial charge on any atom is 0.252 e. The lowest BCUT2D eigenvalue weighted by molar-refractivity contribution is -0.116. The number of hydrogen-bond donors (Lipinski definition) is 2. The fraction of sp³-hybridized carbons (Fsp3) is 0.368. The molecule has 10 heteroatoms. The van der Waals surface area contributed by atoms with Crippen molar-refractivity contribution in [2.24, 2.45) is 0 Å². The molecule has 7 nitrogen and oxygen atoms in total. The van der Waals surface area contributed by atoms with Crippen LogP contribution in [0.1, 0.15) is 37.0 Å². The minimum atomic E-state index is -3.74. The molecule has 1 aromatic carbocycles. The maximum atomic E-state index is 12.7. The van der Waals surface area contributed by atoms with Gasteiger partial charge in [0.05, 0.1) is 5.02 Å². The number of hydrogen-bond acceptors (Lipinski definition) is 5. The average molecular weight is 458 g/mol. The second-order valence-electron chi connectivity index (χ2n) is 6.15. The number of anilines is 1. The molecule has 2 aromatic rings. The van der Waals surface area contributed by atoms with E-state index in [9.17, 15) is 18.0 Å². The Morgan fingerprint density at radius 3 is 2.52 bits per heavy atom. The summed E-state index contributed by atoms with van der Waals surface area (Å²) in [5.74, 6) is -0.445. The predicted octanol–water partition coefficient (Wildman–Crippen LogP) is 3.58. The van der Waals surface area contributed by atoms with E-state index >= 15 is 0 Å². The Kier molecular flexibility index (Phi) is 8.63. The lowest BCUT2D eigenvalue weighted by atomic mass is 10.2. The van der Waals surface area contributed by atoms with Crippen LogP contribution in [0.3, 0.4) is 0 Å². The van der Waals surface area contributed by atoms with Gasteiger partial charge in [0, 0.05) is 42.7 Å². The molecule has 0 bridgehead atoms. The van der Waals surface area contributed by atoms with E-state index in [1.807, 2.05) is 5.38 Å². The molecule has 0 aliphatic rings. The molecule has 1 heterocycles. The normalized spacial score (nSPS) is 11.4. The zero-order valence-corrected chi connectivity index (χ0v) is 18.7. The molecule has 2 amide bonds. The first-order valence-electron chi connectivity index (χ1n) is 9.19. The minimum Gasteiger partial charge on any atom is -0.352 e. The fourth-order valence-corrected chi connectivity index (χ4v) is 5.25. The molecule has 0 saturated heterocycles. The van der Waals surface area contributed by atoms with Crippen molar-refractivity contribution in [3.8, 4) is 0 Å². The van der Waals surface area contributed by atoms with Crippen molar-refractivity contribution < 1.29 is 18.0 Å². The first kappa shape index (κ1) is 23.3. The number of thiophene rings is 1. The van der Waals surface area contributed by atoms with Gasteiger partial charge in [-0.25, -0.2) is 8.42 Å². The molecule has 0 atom stereocenters. The highest BCUT2D eigenvalue weighted by Crippen LogP contribution is 2.27. The maximum absolute atomic E-state index is 12.7. The number of nitrogens with zero attached hydrogens (tertiary/aromatic N) is 1. The number of rotatable bonds is 10. The molecule has 0 aliphatic carbocycles. The van der Waals surface area contributed by atoms with Gasteiger partial charge < -0.3 is 10.6 Å². The van der Waals surface area contributed by atoms with Gasteiger partial charge >= 0.3 is 0 Å². The van der Waals surface area contributed by atoms with Crippen molar-refractivity contribution in [1.29, 1.82) is 0 Å². The highest BCUT2D eigenvalue weighted by atomic mass is 35.5. The van der Waals surface area contributed by atoms with Crippen LogP contribution in [0.25, 0.3) is 0 Å². The summed E-state index contributed by atoms with van der Waals surface area (Å²) in [6.07, 6.45) is 0.643. The average Bonchev–Trinajstić information content (AvgIpc) is 3.22. The van der Waals surface area contributed by atoms with Gasteiger partial charge in [-0.1, -0.05) is 25.4 Å². The second-order valence-corrected chi connectivity index (χ2v) is 9.25. The van der Waals surface area contributed by atoms with Crippen LogP contribution < -0.4 is 10.6 Å². The Bertz CT molecular complexity index is 942. The van der Waals surface area contributed by atoms with E-state index in [1.165, 1.54) is 27.8 Å². The van der Waals surface area contributed by atoms with Crippen LogP contribution in [0.2, 0.25) is 5.02 Å². The van der Waals surface area contributed by atoms with Crippen LogP contribution >= 0.6 is 22.9 Å². The van der Waals surface area contributed by atoms with E-state index in [4.69, 9.17) is 11.6 Å². The van der Waals surface area contributed by atoms with Crippen LogP contribution in [0.15, 0.2) is 39.9 Å². The number of nitrogens with one attached hydrogen (secondary N) is 2. The third-order valence-electron chi connectivity index (χ3n) is 4.19. The van der Waals surface area contributed by atoms with Gasteiger partial charge in [-0.15, -0.1) is 0 Å². The van der Waals surface area contributed by atoms with Crippen molar-refractivity contribution in [2.75, 3.05) is 25.0 Å². The van der Waals surface area contributed by atoms with E-state index < -0.39 is 10.0 Å². The van der Waals surface area contributed by atoms with Gasteiger partial charge in [0.1, 0.15) is 4.90 Å². The molecule has 0 spiro atoms. The number of sulfonamides is 1. The van der Waals surface area contributed by atoms with Crippen molar-refractivity contribution in [1.82, 2.24) is 9.62 Å². The van der Waals surface area contributed by atoms with E-state index in [1.54, 1.807) is 31.4 Å². The van der Waals surface area contributed by atoms with E-state index in [-0.39, 0.29) is 28.2 Å². The summed E-state index contributed by atoms with van der Waals surface area (Å²) in [6.45, 7) is 4.51. The van der Waals surface area contributed by atoms with E-state index in [0.717, 1.165) is 0 Å². The minimum absolute atomic E-state index is 0.0382. The summed E-state index contributed by atoms with van der Waals surface area (Å²) in [6, 6.07) is 6.11. The summed E-state index contributed by atoms with van der Waals surface area (Å²) in [7, 11) is -3.74. The van der Waals surface area contributed by atoms with E-state index in [2.05, 4.69) is 10.6 Å². The number of carbonyl (C=O) groups excluding carboxylic acids is 2. The summed E-state index contributed by atoms with van der Waals surface area (Å²) in [4.78, 5) is 24.0. The van der Waals surface area contributed by atoms with Crippen molar-refractivity contribution in [2.45, 2.75) is 31.6 Å². The van der Waals surface area contributed by atoms with Crippen LogP contribution in [-0.4, -0.2) is 44.2 Å². The Morgan fingerprint density at radius 2 is 1.90 bits per heavy atom. The molecule has 0 saturated carbocycles. The standard InChI is InChI=1S/C19H24ClN3O4S2/c1-3-23(4-2)29(26,27)17-12-15(7-8-16(17)20)22-18(24)6-5-10-21-19(25)14-9-11-28-13-14/h7-9,11-13H,3-6,10H2,1-2H3,(H,21,25)(H,22,24). The lowest BCUT2D eigenvalue weighted by Gasteiger charge is -2.19. The van der Waals surface area contributed by atoms with Crippen LogP contribution in [0.4, 0.5) is 5.69 Å². The topological polar surface area (TPSA) is 95.6 Å². The lowest BCUT2D eigenvalue weighted by Crippen LogP contribution is -2.30. The van der Waals surface area contributed by atoms with Gasteiger partial charge in [0.15, 0.2) is 0 Å². The van der Waals surface area contributed by atoms with Gasteiger partial charge in [-0.2, -0.15) is 15.6 Å². The van der Waals surface area contributed by atoms with Gasteiger partial charge in [-0.05, 0) is 36.1 Å². The molecule has 158 valence electrons. The predicted molar refractivity (Wildman–Crippen MR) is 116 cm³/mol. The van der Waals surface area contributed by atoms with Crippen LogP contribution in [0, 0.1) is 0 Å². The molecule has 0 radical (unpaired) electrons. The molecule has 2 rings (SSSR count). The smallest absolute Gasteiger partial charge is 0.252 e. The first-order valence-corrected chi connectivity index (χ1v) is 12.0.